The Bertz CT molecular complexity index is 1390. The van der Waals surface area contributed by atoms with Gasteiger partial charge in [-0.1, -0.05) is 81.3 Å². The van der Waals surface area contributed by atoms with Crippen molar-refractivity contribution in [3.8, 4) is 11.1 Å². The topological polar surface area (TPSA) is 164 Å². The number of rotatable bonds is 12. The number of carbonyl (C=O) groups is 5. The summed E-state index contributed by atoms with van der Waals surface area (Å²) >= 11 is 5.25. The van der Waals surface area contributed by atoms with Crippen molar-refractivity contribution in [2.24, 2.45) is 11.1 Å². The van der Waals surface area contributed by atoms with Gasteiger partial charge in [-0.05, 0) is 43.0 Å². The van der Waals surface area contributed by atoms with E-state index in [1.807, 2.05) is 24.3 Å². The molecule has 0 unspecified atom stereocenters. The molecule has 2 aromatic carbocycles. The monoisotopic (exact) mass is 733 g/mol. The summed E-state index contributed by atoms with van der Waals surface area (Å²) in [6.45, 7) is 12.5. The summed E-state index contributed by atoms with van der Waals surface area (Å²) in [7, 11) is 5.61. The maximum atomic E-state index is 11.4. The number of halogens is 1. The van der Waals surface area contributed by atoms with E-state index in [-0.39, 0.29) is 52.2 Å². The van der Waals surface area contributed by atoms with Gasteiger partial charge in [-0.25, -0.2) is 14.4 Å². The summed E-state index contributed by atoms with van der Waals surface area (Å²) in [5.74, 6) is -0.869. The molecule has 282 valence electrons. The van der Waals surface area contributed by atoms with Crippen LogP contribution < -0.4 is 5.73 Å². The van der Waals surface area contributed by atoms with Gasteiger partial charge in [0, 0.05) is 38.2 Å². The number of carbonyl (C=O) groups excluding carboxylic acids is 5. The summed E-state index contributed by atoms with van der Waals surface area (Å²) in [6, 6.07) is 16.4. The van der Waals surface area contributed by atoms with Crippen LogP contribution in [0.25, 0.3) is 11.1 Å². The fraction of sp³-hybridized carbons (Fsp3) is 0.432. The molecule has 51 heavy (non-hydrogen) atoms. The lowest BCUT2D eigenvalue weighted by atomic mass is 9.93. The lowest BCUT2D eigenvalue weighted by Crippen LogP contribution is -2.54. The summed E-state index contributed by atoms with van der Waals surface area (Å²) in [6.07, 6.45) is 1.88. The van der Waals surface area contributed by atoms with Crippen LogP contribution in [-0.4, -0.2) is 106 Å². The van der Waals surface area contributed by atoms with Gasteiger partial charge in [-0.15, -0.1) is 0 Å². The van der Waals surface area contributed by atoms with Crippen molar-refractivity contribution in [1.29, 1.82) is 0 Å². The molecule has 0 aliphatic heterocycles. The van der Waals surface area contributed by atoms with Crippen LogP contribution in [0.3, 0.4) is 0 Å². The molecule has 2 N–H and O–H groups in total. The third-order valence-corrected chi connectivity index (χ3v) is 7.30. The van der Waals surface area contributed by atoms with Crippen LogP contribution in [-0.2, 0) is 33.3 Å². The molecule has 2 amide bonds. The van der Waals surface area contributed by atoms with Gasteiger partial charge in [-0.2, -0.15) is 0 Å². The fourth-order valence-corrected chi connectivity index (χ4v) is 4.99. The quantitative estimate of drug-likeness (QED) is 0.111. The van der Waals surface area contributed by atoms with Crippen molar-refractivity contribution in [2.45, 2.75) is 39.7 Å². The molecular weight excluding hydrogens is 682 g/mol. The number of fused-ring (bicyclic) bond motifs is 3. The molecule has 14 heteroatoms. The van der Waals surface area contributed by atoms with Crippen molar-refractivity contribution in [2.75, 3.05) is 61.2 Å². The van der Waals surface area contributed by atoms with E-state index >= 15 is 0 Å². The summed E-state index contributed by atoms with van der Waals surface area (Å²) in [5, 5.41) is 0. The molecule has 0 heterocycles. The van der Waals surface area contributed by atoms with Crippen molar-refractivity contribution in [3.05, 3.63) is 85.0 Å². The van der Waals surface area contributed by atoms with Crippen LogP contribution in [0.4, 0.5) is 14.4 Å². The second-order valence-electron chi connectivity index (χ2n) is 12.0. The van der Waals surface area contributed by atoms with Gasteiger partial charge in [0.2, 0.25) is 0 Å². The second-order valence-corrected chi connectivity index (χ2v) is 12.3. The standard InChI is InChI=1S/C15H11ClO2.C11H19NO4.C10H18N2O4.CH4/c16-15(17)18-9-14-12-7-3-1-5-10(12)11-6-2-4-8-13(11)14;1-6-7-16-10(14)12(4)8-11(2,3)9(13)15-5;1-5-6-16-9(14)12(3)7-10(2,11)8(13)15-4;/h1-8,14H,9H2;6H,1,7-8H2,2-5H3;5H,1,6-7,11H2,2-4H3;1H4/t;;10-;/m..0./s1. The minimum atomic E-state index is -1.25. The highest BCUT2D eigenvalue weighted by Gasteiger charge is 2.33. The van der Waals surface area contributed by atoms with E-state index in [1.165, 1.54) is 72.4 Å². The predicted molar refractivity (Wildman–Crippen MR) is 196 cm³/mol. The van der Waals surface area contributed by atoms with Gasteiger partial charge in [-0.3, -0.25) is 9.59 Å². The molecule has 3 rings (SSSR count). The van der Waals surface area contributed by atoms with Crippen LogP contribution in [0.15, 0.2) is 73.8 Å². The molecule has 0 fully saturated rings. The molecular formula is C37H52ClN3O10. The van der Waals surface area contributed by atoms with Crippen molar-refractivity contribution < 1.29 is 47.7 Å². The van der Waals surface area contributed by atoms with Gasteiger partial charge in [0.05, 0.1) is 26.2 Å². The average Bonchev–Trinajstić information content (AvgIpc) is 3.41. The van der Waals surface area contributed by atoms with Crippen molar-refractivity contribution in [1.82, 2.24) is 9.80 Å². The van der Waals surface area contributed by atoms with E-state index in [2.05, 4.69) is 46.9 Å². The van der Waals surface area contributed by atoms with Gasteiger partial charge >= 0.3 is 29.6 Å². The molecule has 2 aromatic rings. The molecule has 1 atom stereocenters. The zero-order chi connectivity index (χ0) is 38.1. The third kappa shape index (κ3) is 14.5. The van der Waals surface area contributed by atoms with E-state index in [0.717, 1.165) is 0 Å². The average molecular weight is 734 g/mol. The van der Waals surface area contributed by atoms with Gasteiger partial charge in [0.1, 0.15) is 25.4 Å². The predicted octanol–water partition coefficient (Wildman–Crippen LogP) is 6.38. The SMILES string of the molecule is C.C=CCOC(=O)N(C)CC(C)(C)C(=O)OC.C=CCOC(=O)N(C)C[C@](C)(N)C(=O)OC.O=C(Cl)OCC1c2ccccc2-c2ccccc21. The second kappa shape index (κ2) is 22.0. The fourth-order valence-electron chi connectivity index (χ4n) is 4.92. The summed E-state index contributed by atoms with van der Waals surface area (Å²) in [4.78, 5) is 58.7. The number of hydrogen-bond acceptors (Lipinski definition) is 11. The number of nitrogens with two attached hydrogens (primary N) is 1. The van der Waals surface area contributed by atoms with Crippen LogP contribution >= 0.6 is 11.6 Å². The van der Waals surface area contributed by atoms with E-state index in [4.69, 9.17) is 31.5 Å². The van der Waals surface area contributed by atoms with E-state index < -0.39 is 34.5 Å². The van der Waals surface area contributed by atoms with Crippen LogP contribution in [0.5, 0.6) is 0 Å². The maximum Gasteiger partial charge on any atom is 0.409 e. The normalized spacial score (nSPS) is 12.1. The summed E-state index contributed by atoms with van der Waals surface area (Å²) < 4.78 is 23.7. The number of amides is 2. The molecule has 1 aliphatic rings. The molecule has 0 aromatic heterocycles. The first-order valence-corrected chi connectivity index (χ1v) is 15.8. The number of methoxy groups -OCH3 is 2. The Labute approximate surface area is 306 Å². The number of nitrogens with zero attached hydrogens (tertiary/aromatic N) is 2. The van der Waals surface area contributed by atoms with Crippen LogP contribution in [0.1, 0.15) is 45.2 Å². The van der Waals surface area contributed by atoms with E-state index in [9.17, 15) is 24.0 Å². The Morgan fingerprint density at radius 2 is 1.18 bits per heavy atom. The lowest BCUT2D eigenvalue weighted by molar-refractivity contribution is -0.151. The van der Waals surface area contributed by atoms with Crippen LogP contribution in [0.2, 0.25) is 0 Å². The van der Waals surface area contributed by atoms with Gasteiger partial charge in [0.15, 0.2) is 0 Å². The molecule has 0 spiro atoms. The number of likely N-dealkylation sites (N-methyl/N-ethyl adjacent to an activating group) is 1. The molecule has 0 bridgehead atoms. The smallest absolute Gasteiger partial charge is 0.409 e. The first-order chi connectivity index (χ1) is 23.5. The van der Waals surface area contributed by atoms with Gasteiger partial charge in [0.25, 0.3) is 0 Å². The van der Waals surface area contributed by atoms with E-state index in [0.29, 0.717) is 0 Å². The molecule has 0 saturated heterocycles. The third-order valence-electron chi connectivity index (χ3n) is 7.19. The molecule has 1 aliphatic carbocycles. The zero-order valence-corrected chi connectivity index (χ0v) is 30.5. The first kappa shape index (κ1) is 46.1. The number of esters is 2. The number of hydrogen-bond donors (Lipinski definition) is 1. The maximum absolute atomic E-state index is 11.4. The molecule has 0 saturated carbocycles. The van der Waals surface area contributed by atoms with Crippen molar-refractivity contribution in [3.63, 3.8) is 0 Å². The first-order valence-electron chi connectivity index (χ1n) is 15.4. The van der Waals surface area contributed by atoms with E-state index in [1.54, 1.807) is 20.9 Å². The Morgan fingerprint density at radius 1 is 0.765 bits per heavy atom. The Morgan fingerprint density at radius 3 is 1.57 bits per heavy atom. The minimum absolute atomic E-state index is 0. The largest absolute Gasteiger partial charge is 0.469 e. The van der Waals surface area contributed by atoms with Crippen molar-refractivity contribution >= 4 is 41.2 Å². The summed E-state index contributed by atoms with van der Waals surface area (Å²) in [5.41, 5.74) is 7.74. The Hall–Kier alpha value is -4.88. The Balaban J connectivity index is 0.000000732. The zero-order valence-electron chi connectivity index (χ0n) is 29.7. The molecule has 13 nitrogen and oxygen atoms in total. The van der Waals surface area contributed by atoms with Gasteiger partial charge < -0.3 is 39.2 Å². The molecule has 0 radical (unpaired) electrons. The minimum Gasteiger partial charge on any atom is -0.469 e. The highest BCUT2D eigenvalue weighted by molar-refractivity contribution is 6.61. The number of ether oxygens (including phenoxy) is 5. The number of benzene rings is 2. The van der Waals surface area contributed by atoms with Crippen LogP contribution in [0, 0.1) is 5.41 Å². The lowest BCUT2D eigenvalue weighted by Gasteiger charge is -2.27. The highest BCUT2D eigenvalue weighted by Crippen LogP contribution is 2.44. The highest BCUT2D eigenvalue weighted by atomic mass is 35.5. The Kier molecular flexibility index (Phi) is 19.9.